The summed E-state index contributed by atoms with van der Waals surface area (Å²) in [6.45, 7) is 2.19. The highest BCUT2D eigenvalue weighted by Crippen LogP contribution is 2.28. The van der Waals surface area contributed by atoms with Crippen LogP contribution in [0.4, 0.5) is 0 Å². The molecule has 0 fully saturated rings. The van der Waals surface area contributed by atoms with Crippen LogP contribution in [0.1, 0.15) is 27.9 Å². The van der Waals surface area contributed by atoms with Crippen molar-refractivity contribution in [1.29, 1.82) is 5.26 Å². The van der Waals surface area contributed by atoms with Crippen LogP contribution in [0.5, 0.6) is 0 Å². The second-order valence-electron chi connectivity index (χ2n) is 6.40. The zero-order valence-corrected chi connectivity index (χ0v) is 18.2. The molecule has 3 rings (SSSR count). The predicted octanol–water partition coefficient (Wildman–Crippen LogP) is 5.83. The zero-order valence-electron chi connectivity index (χ0n) is 15.9. The van der Waals surface area contributed by atoms with Crippen LogP contribution in [0, 0.1) is 18.3 Å². The van der Waals surface area contributed by atoms with Gasteiger partial charge in [0.05, 0.1) is 23.9 Å². The number of hydrogen-bond acceptors (Lipinski definition) is 4. The Morgan fingerprint density at radius 1 is 1.17 bits per heavy atom. The number of halogens is 3. The second-order valence-corrected chi connectivity index (χ2v) is 7.57. The Morgan fingerprint density at radius 3 is 2.47 bits per heavy atom. The first kappa shape index (κ1) is 21.9. The van der Waals surface area contributed by atoms with Gasteiger partial charge >= 0.3 is 5.97 Å². The molecule has 1 aromatic heterocycles. The number of ether oxygens (including phenoxy) is 1. The van der Waals surface area contributed by atoms with Crippen LogP contribution in [0.3, 0.4) is 0 Å². The minimum Gasteiger partial charge on any atom is -0.458 e. The molecule has 3 aromatic rings. The van der Waals surface area contributed by atoms with E-state index in [9.17, 15) is 4.79 Å². The highest BCUT2D eigenvalue weighted by Gasteiger charge is 2.14. The van der Waals surface area contributed by atoms with Crippen LogP contribution < -0.4 is 0 Å². The predicted molar refractivity (Wildman–Crippen MR) is 118 cm³/mol. The Bertz CT molecular complexity index is 1130. The molecule has 0 atom stereocenters. The number of aryl methyl sites for hydroxylation is 1. The van der Waals surface area contributed by atoms with Gasteiger partial charge in [-0.25, -0.2) is 9.48 Å². The Kier molecular flexibility index (Phi) is 7.17. The monoisotopic (exact) mass is 459 g/mol. The molecule has 1 heterocycles. The number of carbonyl (C=O) groups excluding carboxylic acids is 1. The summed E-state index contributed by atoms with van der Waals surface area (Å²) in [5.74, 6) is -0.517. The van der Waals surface area contributed by atoms with Crippen LogP contribution >= 0.6 is 34.8 Å². The van der Waals surface area contributed by atoms with Gasteiger partial charge in [-0.15, -0.1) is 0 Å². The van der Waals surface area contributed by atoms with Gasteiger partial charge < -0.3 is 4.74 Å². The van der Waals surface area contributed by atoms with Gasteiger partial charge in [-0.3, -0.25) is 0 Å². The first-order valence-corrected chi connectivity index (χ1v) is 10.0. The minimum atomic E-state index is -0.517. The molecule has 0 amide bonds. The summed E-state index contributed by atoms with van der Waals surface area (Å²) >= 11 is 18.9. The largest absolute Gasteiger partial charge is 0.458 e. The van der Waals surface area contributed by atoms with Gasteiger partial charge in [-0.2, -0.15) is 10.4 Å². The number of benzene rings is 2. The zero-order chi connectivity index (χ0) is 21.7. The number of hydrogen-bond donors (Lipinski definition) is 0. The van der Waals surface area contributed by atoms with Crippen molar-refractivity contribution in [1.82, 2.24) is 9.78 Å². The fourth-order valence-corrected chi connectivity index (χ4v) is 3.54. The molecule has 0 aliphatic rings. The topological polar surface area (TPSA) is 67.9 Å². The summed E-state index contributed by atoms with van der Waals surface area (Å²) in [5.41, 5.74) is 3.30. The third-order valence-corrected chi connectivity index (χ3v) is 5.44. The lowest BCUT2D eigenvalue weighted by molar-refractivity contribution is -0.138. The summed E-state index contributed by atoms with van der Waals surface area (Å²) in [5, 5.41) is 14.6. The smallest absolute Gasteiger partial charge is 0.331 e. The molecule has 8 heteroatoms. The van der Waals surface area contributed by atoms with Crippen molar-refractivity contribution in [3.8, 4) is 6.07 Å². The van der Waals surface area contributed by atoms with E-state index in [1.54, 1.807) is 60.1 Å². The Balaban J connectivity index is 1.68. The fourth-order valence-electron chi connectivity index (χ4n) is 2.72. The lowest BCUT2D eigenvalue weighted by atomic mass is 10.2. The van der Waals surface area contributed by atoms with Crippen molar-refractivity contribution < 1.29 is 9.53 Å². The third-order valence-electron chi connectivity index (χ3n) is 4.33. The number of nitrogens with zero attached hydrogens (tertiary/aromatic N) is 3. The van der Waals surface area contributed by atoms with Crippen molar-refractivity contribution in [2.24, 2.45) is 0 Å². The number of aromatic nitrogens is 2. The second kappa shape index (κ2) is 9.82. The van der Waals surface area contributed by atoms with Crippen molar-refractivity contribution in [3.63, 3.8) is 0 Å². The molecular formula is C22H16Cl3N3O2. The van der Waals surface area contributed by atoms with Gasteiger partial charge in [0.2, 0.25) is 0 Å². The summed E-state index contributed by atoms with van der Waals surface area (Å²) in [6.07, 6.45) is 2.86. The first-order chi connectivity index (χ1) is 14.4. The number of carbonyl (C=O) groups is 1. The van der Waals surface area contributed by atoms with Gasteiger partial charge in [0.1, 0.15) is 11.8 Å². The molecule has 0 aliphatic heterocycles. The van der Waals surface area contributed by atoms with Crippen LogP contribution in [-0.2, 0) is 22.7 Å². The van der Waals surface area contributed by atoms with Crippen LogP contribution in [0.25, 0.3) is 6.08 Å². The van der Waals surface area contributed by atoms with E-state index in [1.807, 2.05) is 6.07 Å². The summed E-state index contributed by atoms with van der Waals surface area (Å²) in [4.78, 5) is 12.1. The molecular weight excluding hydrogens is 445 g/mol. The Labute approximate surface area is 189 Å². The number of esters is 1. The maximum atomic E-state index is 12.1. The van der Waals surface area contributed by atoms with Gasteiger partial charge in [0.25, 0.3) is 0 Å². The molecule has 0 N–H and O–H groups in total. The van der Waals surface area contributed by atoms with E-state index in [-0.39, 0.29) is 6.61 Å². The summed E-state index contributed by atoms with van der Waals surface area (Å²) in [7, 11) is 0. The number of nitriles is 1. The van der Waals surface area contributed by atoms with E-state index >= 15 is 0 Å². The lowest BCUT2D eigenvalue weighted by Crippen LogP contribution is -2.03. The van der Waals surface area contributed by atoms with E-state index in [0.29, 0.717) is 44.1 Å². The SMILES string of the molecule is Cc1nn(Cc2c(Cl)cccc2Cl)c(Cl)c1C=CC(=O)OCc1ccc(C#N)cc1. The van der Waals surface area contributed by atoms with Crippen molar-refractivity contribution in [2.45, 2.75) is 20.1 Å². The fraction of sp³-hybridized carbons (Fsp3) is 0.136. The highest BCUT2D eigenvalue weighted by molar-refractivity contribution is 6.36. The lowest BCUT2D eigenvalue weighted by Gasteiger charge is -2.08. The van der Waals surface area contributed by atoms with Crippen molar-refractivity contribution in [2.75, 3.05) is 0 Å². The first-order valence-electron chi connectivity index (χ1n) is 8.88. The molecule has 0 aliphatic carbocycles. The standard InChI is InChI=1S/C22H16Cl3N3O2/c1-14-17(9-10-21(29)30-13-16-7-5-15(11-26)6-8-16)22(25)28(27-14)12-18-19(23)3-2-4-20(18)24/h2-10H,12-13H2,1H3. The van der Waals surface area contributed by atoms with E-state index in [4.69, 9.17) is 44.8 Å². The van der Waals surface area contributed by atoms with E-state index in [0.717, 1.165) is 5.56 Å². The highest BCUT2D eigenvalue weighted by atomic mass is 35.5. The number of rotatable bonds is 6. The maximum Gasteiger partial charge on any atom is 0.331 e. The third kappa shape index (κ3) is 5.22. The van der Waals surface area contributed by atoms with Crippen LogP contribution in [0.15, 0.2) is 48.5 Å². The van der Waals surface area contributed by atoms with E-state index in [1.165, 1.54) is 6.08 Å². The van der Waals surface area contributed by atoms with Crippen molar-refractivity contribution >= 4 is 46.8 Å². The molecule has 0 saturated heterocycles. The minimum absolute atomic E-state index is 0.103. The average Bonchev–Trinajstić information content (AvgIpc) is 3.00. The van der Waals surface area contributed by atoms with E-state index < -0.39 is 5.97 Å². The van der Waals surface area contributed by atoms with Crippen LogP contribution in [-0.4, -0.2) is 15.7 Å². The van der Waals surface area contributed by atoms with Crippen LogP contribution in [0.2, 0.25) is 15.2 Å². The summed E-state index contributed by atoms with van der Waals surface area (Å²) in [6, 6.07) is 14.1. The van der Waals surface area contributed by atoms with Crippen molar-refractivity contribution in [3.05, 3.63) is 91.7 Å². The molecule has 30 heavy (non-hydrogen) atoms. The normalized spacial score (nSPS) is 10.9. The molecule has 0 unspecified atom stereocenters. The molecule has 0 spiro atoms. The molecule has 5 nitrogen and oxygen atoms in total. The summed E-state index contributed by atoms with van der Waals surface area (Å²) < 4.78 is 6.80. The molecule has 0 saturated carbocycles. The average molecular weight is 461 g/mol. The molecule has 0 radical (unpaired) electrons. The quantitative estimate of drug-likeness (QED) is 0.343. The van der Waals surface area contributed by atoms with Gasteiger partial charge in [0, 0.05) is 27.2 Å². The Morgan fingerprint density at radius 2 is 1.83 bits per heavy atom. The molecule has 2 aromatic carbocycles. The maximum absolute atomic E-state index is 12.1. The molecule has 0 bridgehead atoms. The van der Waals surface area contributed by atoms with Gasteiger partial charge in [-0.1, -0.05) is 53.0 Å². The Hall–Kier alpha value is -2.78. The van der Waals surface area contributed by atoms with E-state index in [2.05, 4.69) is 5.10 Å². The molecule has 152 valence electrons. The van der Waals surface area contributed by atoms with Gasteiger partial charge in [0.15, 0.2) is 0 Å². The van der Waals surface area contributed by atoms with Gasteiger partial charge in [-0.05, 0) is 42.8 Å².